The van der Waals surface area contributed by atoms with Gasteiger partial charge in [0.05, 0.1) is 20.8 Å². The van der Waals surface area contributed by atoms with Crippen LogP contribution >= 0.6 is 55.2 Å². The van der Waals surface area contributed by atoms with Crippen LogP contribution in [0.4, 0.5) is 75.7 Å². The second kappa shape index (κ2) is 31.7. The first kappa shape index (κ1) is 73.4. The van der Waals surface area contributed by atoms with Crippen molar-refractivity contribution in [3.8, 4) is 28.0 Å². The highest BCUT2D eigenvalue weighted by Gasteiger charge is 2.49. The molecule has 0 amide bonds. The second-order valence-corrected chi connectivity index (χ2v) is 32.6. The van der Waals surface area contributed by atoms with Crippen LogP contribution in [0.15, 0.2) is 388 Å². The molecule has 0 saturated heterocycles. The lowest BCUT2D eigenvalue weighted by molar-refractivity contribution is -0.0500. The van der Waals surface area contributed by atoms with E-state index >= 15 is 0 Å². The summed E-state index contributed by atoms with van der Waals surface area (Å²) in [6.45, 7) is 0. The van der Waals surface area contributed by atoms with Gasteiger partial charge in [-0.15, -0.1) is 45.3 Å². The van der Waals surface area contributed by atoms with E-state index in [1.54, 1.807) is 11.3 Å². The van der Waals surface area contributed by atoms with Gasteiger partial charge in [-0.25, -0.2) is 0 Å². The van der Waals surface area contributed by atoms with Gasteiger partial charge in [0.2, 0.25) is 0 Å². The summed E-state index contributed by atoms with van der Waals surface area (Å²) in [5, 5.41) is 12.1. The number of hydrogen-bond donors (Lipinski definition) is 1. The van der Waals surface area contributed by atoms with Gasteiger partial charge in [0.15, 0.2) is 0 Å². The third-order valence-electron chi connectivity index (χ3n) is 19.6. The molecule has 1 N–H and O–H groups in total. The van der Waals surface area contributed by atoms with Gasteiger partial charge in [-0.3, -0.25) is 0 Å². The number of thiophene rings is 4. The van der Waals surface area contributed by atoms with E-state index in [1.165, 1.54) is 89.7 Å². The lowest BCUT2D eigenvalue weighted by atomic mass is 10.00. The Balaban J connectivity index is 0.000000140. The van der Waals surface area contributed by atoms with Crippen molar-refractivity contribution >= 4 is 209 Å². The molecule has 113 heavy (non-hydrogen) atoms. The molecule has 7 nitrogen and oxygen atoms in total. The molecule has 0 spiro atoms. The highest BCUT2D eigenvalue weighted by molar-refractivity contribution is 7.88. The fourth-order valence-corrected chi connectivity index (χ4v) is 19.5. The van der Waals surface area contributed by atoms with Crippen LogP contribution in [0.1, 0.15) is 0 Å². The minimum absolute atomic E-state index is 0. The van der Waals surface area contributed by atoms with Crippen molar-refractivity contribution in [1.82, 2.24) is 0 Å². The number of rotatable bonds is 15. The third-order valence-corrected chi connectivity index (χ3v) is 25.3. The molecule has 0 saturated carbocycles. The molecule has 550 valence electrons. The van der Waals surface area contributed by atoms with E-state index in [4.69, 9.17) is 4.18 Å². The van der Waals surface area contributed by atoms with Gasteiger partial charge in [0.25, 0.3) is 0 Å². The zero-order chi connectivity index (χ0) is 75.7. The Morgan fingerprint density at radius 1 is 0.265 bits per heavy atom. The van der Waals surface area contributed by atoms with Crippen molar-refractivity contribution < 1.29 is 25.8 Å². The van der Waals surface area contributed by atoms with Crippen molar-refractivity contribution in [3.63, 3.8) is 0 Å². The molecule has 0 radical (unpaired) electrons. The van der Waals surface area contributed by atoms with E-state index < -0.39 is 21.4 Å². The van der Waals surface area contributed by atoms with Gasteiger partial charge in [-0.2, -0.15) is 21.6 Å². The molecule has 0 atom stereocenters. The maximum atomic E-state index is 13.5. The van der Waals surface area contributed by atoms with Crippen molar-refractivity contribution in [1.29, 1.82) is 0 Å². The molecule has 0 aliphatic carbocycles. The molecule has 0 unspecified atom stereocenters. The van der Waals surface area contributed by atoms with Crippen LogP contribution < -0.4 is 24.2 Å². The Labute approximate surface area is 670 Å². The minimum atomic E-state index is -5.93. The molecule has 16 heteroatoms. The molecular formula is C97H67F3N4O3PS5-. The van der Waals surface area contributed by atoms with Crippen LogP contribution in [-0.2, 0) is 10.1 Å². The van der Waals surface area contributed by atoms with E-state index in [1.807, 2.05) is 179 Å². The number of benzene rings is 16. The van der Waals surface area contributed by atoms with Crippen molar-refractivity contribution in [2.45, 2.75) is 5.51 Å². The number of para-hydroxylation sites is 8. The van der Waals surface area contributed by atoms with Crippen LogP contribution in [-0.4, -0.2) is 13.9 Å². The Bertz CT molecular complexity index is 6750. The molecule has 0 aliphatic rings. The number of nitrogens with zero attached hydrogens (tertiary/aromatic N) is 3. The molecule has 20 rings (SSSR count). The van der Waals surface area contributed by atoms with Gasteiger partial charge in [0.1, 0.15) is 5.75 Å². The van der Waals surface area contributed by atoms with Gasteiger partial charge < -0.3 is 34.1 Å². The number of hydrogen-bond acceptors (Lipinski definition) is 11. The number of halogens is 3. The standard InChI is InChI=1S/C48H32N2S2.C37H22F3NO3S3.C12H11N.H2P/c1-5-15-35(16-6-1)49(36-17-7-2-8-18-36)39-31-43-42-30-34(33-25-27-46-41(29-33)40-23-13-14-24-45(40)51-46)26-28-47(42)52-48(43)44(32-39)50(37-19-9-3-10-20-37)38-21-11-4-12-22-38;38-37(39,40)47(42,43)44-27-21-31-30-20-24(23-15-17-34-29(19-23)28-13-7-8-14-33(28)45-34)16-18-35(30)46-36(31)32(22-27)41(25-9-3-1-4-10-25)26-11-5-2-6-12-26;1-3-7-11(8-4-1)13-12-9-5-2-6-10-12;/h1-32H;1-22H;1-10,13H;1H2/q;;;-1. The normalized spacial score (nSPS) is 11.5. The van der Waals surface area contributed by atoms with Crippen LogP contribution in [0.25, 0.3) is 103 Å². The predicted molar refractivity (Wildman–Crippen MR) is 481 cm³/mol. The van der Waals surface area contributed by atoms with Crippen LogP contribution in [0, 0.1) is 0 Å². The molecule has 20 aromatic rings. The molecule has 16 aromatic carbocycles. The van der Waals surface area contributed by atoms with Crippen LogP contribution in [0.3, 0.4) is 0 Å². The zero-order valence-electron chi connectivity index (χ0n) is 60.3. The first-order valence-electron chi connectivity index (χ1n) is 36.3. The summed E-state index contributed by atoms with van der Waals surface area (Å²) in [5.74, 6) is -0.432. The topological polar surface area (TPSA) is 65.1 Å². The molecule has 0 bridgehead atoms. The summed E-state index contributed by atoms with van der Waals surface area (Å²) in [4.78, 5) is 6.67. The maximum Gasteiger partial charge on any atom is 0.534 e. The number of alkyl halides is 3. The van der Waals surface area contributed by atoms with Gasteiger partial charge >= 0.3 is 15.6 Å². The summed E-state index contributed by atoms with van der Waals surface area (Å²) in [6.07, 6.45) is 0. The molecule has 4 aromatic heterocycles. The maximum absolute atomic E-state index is 13.5. The number of anilines is 11. The summed E-state index contributed by atoms with van der Waals surface area (Å²) >= 11 is 6.95. The highest BCUT2D eigenvalue weighted by atomic mass is 32.2. The minimum Gasteiger partial charge on any atom is -0.577 e. The first-order valence-corrected chi connectivity index (χ1v) is 41.0. The lowest BCUT2D eigenvalue weighted by Gasteiger charge is -2.30. The number of nitrogens with one attached hydrogen (secondary N) is 1. The third kappa shape index (κ3) is 15.0. The Kier molecular flexibility index (Phi) is 20.6. The van der Waals surface area contributed by atoms with Crippen LogP contribution in [0.2, 0.25) is 0 Å². The summed E-state index contributed by atoms with van der Waals surface area (Å²) < 4.78 is 79.0. The summed E-state index contributed by atoms with van der Waals surface area (Å²) in [5.41, 5.74) is 9.71. The molecular weight excluding hydrogens is 1520 g/mol. The quantitative estimate of drug-likeness (QED) is 0.0623. The van der Waals surface area contributed by atoms with Crippen LogP contribution in [0.5, 0.6) is 5.75 Å². The van der Waals surface area contributed by atoms with Crippen molar-refractivity contribution in [2.24, 2.45) is 0 Å². The highest BCUT2D eigenvalue weighted by Crippen LogP contribution is 2.52. The Morgan fingerprint density at radius 2 is 0.549 bits per heavy atom. The summed E-state index contributed by atoms with van der Waals surface area (Å²) in [7, 11) is -5.93. The van der Waals surface area contributed by atoms with E-state index in [9.17, 15) is 21.6 Å². The van der Waals surface area contributed by atoms with Gasteiger partial charge in [0, 0.05) is 129 Å². The Hall–Kier alpha value is -12.4. The first-order chi connectivity index (χ1) is 54.9. The van der Waals surface area contributed by atoms with E-state index in [0.717, 1.165) is 88.2 Å². The van der Waals surface area contributed by atoms with Crippen molar-refractivity contribution in [3.05, 3.63) is 388 Å². The average Bonchev–Trinajstić information content (AvgIpc) is 1.33. The lowest BCUT2D eigenvalue weighted by Crippen LogP contribution is -2.28. The number of fused-ring (bicyclic) bond motifs is 12. The monoisotopic (exact) mass is 1580 g/mol. The van der Waals surface area contributed by atoms with E-state index in [0.29, 0.717) is 11.1 Å². The molecule has 0 aliphatic heterocycles. The second-order valence-electron chi connectivity index (χ2n) is 26.8. The fourth-order valence-electron chi connectivity index (χ4n) is 14.5. The fraction of sp³-hybridized carbons (Fsp3) is 0.0103. The predicted octanol–water partition coefficient (Wildman–Crippen LogP) is 30.6. The van der Waals surface area contributed by atoms with E-state index in [-0.39, 0.29) is 9.90 Å². The zero-order valence-corrected chi connectivity index (χ0v) is 65.5. The largest absolute Gasteiger partial charge is 0.577 e. The van der Waals surface area contributed by atoms with Gasteiger partial charge in [-0.05, 0) is 198 Å². The summed E-state index contributed by atoms with van der Waals surface area (Å²) in [6, 6.07) is 133. The Morgan fingerprint density at radius 3 is 0.903 bits per heavy atom. The van der Waals surface area contributed by atoms with Gasteiger partial charge in [-0.1, -0.05) is 206 Å². The molecule has 0 fully saturated rings. The molecule has 4 heterocycles. The van der Waals surface area contributed by atoms with E-state index in [2.05, 4.69) is 240 Å². The average molecular weight is 1580 g/mol. The smallest absolute Gasteiger partial charge is 0.534 e. The SMILES string of the molecule is O=S(=O)(Oc1cc(N(c2ccccc2)c2ccccc2)c2sc3ccc(-c4ccc5sc6ccccc6c5c4)cc3c2c1)C(F)(F)F.[PH2-].c1ccc(N(c2ccccc2)c2cc(N(c3ccccc3)c3ccccc3)c3sc4ccc(-c5ccc6sc7ccccc7c6c5)cc4c3c2)cc1.c1ccc(Nc2ccccc2)cc1. The van der Waals surface area contributed by atoms with Crippen molar-refractivity contribution in [2.75, 3.05) is 20.0 Å².